The van der Waals surface area contributed by atoms with Crippen LogP contribution < -0.4 is 9.62 Å². The van der Waals surface area contributed by atoms with Crippen LogP contribution in [0.2, 0.25) is 0 Å². The Kier molecular flexibility index (Phi) is 5.89. The number of carbonyl (C=O) groups is 1. The molecular weight excluding hydrogens is 428 g/mol. The zero-order valence-electron chi connectivity index (χ0n) is 17.2. The highest BCUT2D eigenvalue weighted by Crippen LogP contribution is 2.36. The summed E-state index contributed by atoms with van der Waals surface area (Å²) in [5.41, 5.74) is 3.42. The van der Waals surface area contributed by atoms with Crippen molar-refractivity contribution in [1.82, 2.24) is 0 Å². The molecule has 1 aliphatic heterocycles. The smallest absolute Gasteiger partial charge is 0.270 e. The van der Waals surface area contributed by atoms with Crippen LogP contribution in [0.25, 0.3) is 0 Å². The van der Waals surface area contributed by atoms with Crippen LogP contribution in [0.5, 0.6) is 0 Å². The van der Waals surface area contributed by atoms with Crippen molar-refractivity contribution in [2.24, 2.45) is 0 Å². The van der Waals surface area contributed by atoms with E-state index in [1.807, 2.05) is 61.7 Å². The minimum absolute atomic E-state index is 0.145. The number of nitrogens with one attached hydrogen (secondary N) is 1. The summed E-state index contributed by atoms with van der Waals surface area (Å²) < 4.78 is 28.3. The predicted molar refractivity (Wildman–Crippen MR) is 127 cm³/mol. The molecule has 0 unspecified atom stereocenters. The Morgan fingerprint density at radius 3 is 2.48 bits per heavy atom. The minimum atomic E-state index is -4.04. The molecular formula is C24H22N2O3S2. The van der Waals surface area contributed by atoms with E-state index in [2.05, 4.69) is 5.32 Å². The average Bonchev–Trinajstić information content (AvgIpc) is 2.78. The molecule has 1 aliphatic rings. The first kappa shape index (κ1) is 21.2. The van der Waals surface area contributed by atoms with Crippen molar-refractivity contribution < 1.29 is 13.2 Å². The largest absolute Gasteiger partial charge is 0.360 e. The maximum atomic E-state index is 13.5. The first-order valence-corrected chi connectivity index (χ1v) is 12.4. The number of carbonyl (C=O) groups excluding carboxylic acids is 1. The molecule has 0 radical (unpaired) electrons. The molecule has 3 aromatic carbocycles. The predicted octanol–water partition coefficient (Wildman–Crippen LogP) is 5.20. The third-order valence-corrected chi connectivity index (χ3v) is 7.59. The van der Waals surface area contributed by atoms with Crippen LogP contribution in [0.15, 0.2) is 88.8 Å². The van der Waals surface area contributed by atoms with E-state index < -0.39 is 15.8 Å². The van der Waals surface area contributed by atoms with Gasteiger partial charge in [-0.2, -0.15) is 0 Å². The summed E-state index contributed by atoms with van der Waals surface area (Å²) in [5.74, 6) is -0.510. The van der Waals surface area contributed by atoms with Gasteiger partial charge >= 0.3 is 0 Å². The zero-order chi connectivity index (χ0) is 22.0. The van der Waals surface area contributed by atoms with E-state index in [4.69, 9.17) is 0 Å². The second-order valence-electron chi connectivity index (χ2n) is 7.23. The second kappa shape index (κ2) is 8.61. The van der Waals surface area contributed by atoms with E-state index in [1.165, 1.54) is 10.5 Å². The monoisotopic (exact) mass is 450 g/mol. The summed E-state index contributed by atoms with van der Waals surface area (Å²) in [4.78, 5) is 13.9. The Labute approximate surface area is 186 Å². The lowest BCUT2D eigenvalue weighted by atomic mass is 10.1. The number of sulfonamides is 1. The average molecular weight is 451 g/mol. The molecule has 1 heterocycles. The number of Topliss-reactive ketones (excluding diaryl/α,β-unsaturated/α-hetero) is 1. The standard InChI is InChI=1S/C24H22N2O3S2/c1-17-10-12-18(13-11-17)16-26-22-9-4-3-8-21(22)24(27)23(31(26,28)29)15-25-19-6-5-7-20(14-19)30-2/h3-15,25H,16H2,1-2H3. The number of benzene rings is 3. The van der Waals surface area contributed by atoms with Crippen molar-refractivity contribution in [1.29, 1.82) is 0 Å². The maximum Gasteiger partial charge on any atom is 0.270 e. The number of aryl methyl sites for hydroxylation is 1. The fourth-order valence-corrected chi connectivity index (χ4v) is 5.40. The van der Waals surface area contributed by atoms with Gasteiger partial charge in [-0.25, -0.2) is 8.42 Å². The number of anilines is 2. The molecule has 0 amide bonds. The highest BCUT2D eigenvalue weighted by Gasteiger charge is 2.40. The number of thioether (sulfide) groups is 1. The van der Waals surface area contributed by atoms with E-state index in [9.17, 15) is 13.2 Å². The molecule has 0 aromatic heterocycles. The van der Waals surface area contributed by atoms with Gasteiger partial charge in [-0.3, -0.25) is 9.10 Å². The van der Waals surface area contributed by atoms with Crippen molar-refractivity contribution in [3.8, 4) is 0 Å². The number of hydrogen-bond acceptors (Lipinski definition) is 5. The molecule has 31 heavy (non-hydrogen) atoms. The lowest BCUT2D eigenvalue weighted by molar-refractivity contribution is 0.104. The highest BCUT2D eigenvalue weighted by atomic mass is 32.2. The molecule has 0 spiro atoms. The fourth-order valence-electron chi connectivity index (χ4n) is 3.41. The Morgan fingerprint density at radius 2 is 1.74 bits per heavy atom. The van der Waals surface area contributed by atoms with Crippen LogP contribution in [0.3, 0.4) is 0 Å². The number of ketones is 1. The van der Waals surface area contributed by atoms with Gasteiger partial charge in [0.2, 0.25) is 5.78 Å². The van der Waals surface area contributed by atoms with Gasteiger partial charge in [-0.05, 0) is 49.1 Å². The van der Waals surface area contributed by atoms with E-state index in [-0.39, 0.29) is 11.4 Å². The van der Waals surface area contributed by atoms with Crippen molar-refractivity contribution in [3.63, 3.8) is 0 Å². The van der Waals surface area contributed by atoms with E-state index in [1.54, 1.807) is 36.0 Å². The van der Waals surface area contributed by atoms with Crippen molar-refractivity contribution in [2.75, 3.05) is 15.9 Å². The quantitative estimate of drug-likeness (QED) is 0.427. The molecule has 0 saturated heterocycles. The van der Waals surface area contributed by atoms with Crippen LogP contribution in [0, 0.1) is 6.92 Å². The normalized spacial score (nSPS) is 16.3. The van der Waals surface area contributed by atoms with Gasteiger partial charge in [-0.15, -0.1) is 11.8 Å². The van der Waals surface area contributed by atoms with Crippen LogP contribution in [-0.2, 0) is 16.6 Å². The van der Waals surface area contributed by atoms with Gasteiger partial charge in [0.1, 0.15) is 0 Å². The van der Waals surface area contributed by atoms with E-state index in [0.29, 0.717) is 16.9 Å². The zero-order valence-corrected chi connectivity index (χ0v) is 18.8. The molecule has 0 saturated carbocycles. The molecule has 4 rings (SSSR count). The number of nitrogens with zero attached hydrogens (tertiary/aromatic N) is 1. The minimum Gasteiger partial charge on any atom is -0.360 e. The molecule has 7 heteroatoms. The van der Waals surface area contributed by atoms with Crippen LogP contribution >= 0.6 is 11.8 Å². The first-order chi connectivity index (χ1) is 14.9. The summed E-state index contributed by atoms with van der Waals surface area (Å²) in [6, 6.07) is 22.1. The lowest BCUT2D eigenvalue weighted by Gasteiger charge is -2.31. The van der Waals surface area contributed by atoms with Gasteiger partial charge in [0, 0.05) is 22.3 Å². The molecule has 5 nitrogen and oxygen atoms in total. The Hall–Kier alpha value is -3.03. The Balaban J connectivity index is 1.76. The highest BCUT2D eigenvalue weighted by molar-refractivity contribution is 7.98. The maximum absolute atomic E-state index is 13.5. The van der Waals surface area contributed by atoms with Gasteiger partial charge in [0.05, 0.1) is 12.2 Å². The van der Waals surface area contributed by atoms with Crippen LogP contribution in [-0.4, -0.2) is 20.5 Å². The van der Waals surface area contributed by atoms with E-state index in [0.717, 1.165) is 16.0 Å². The Morgan fingerprint density at radius 1 is 1.00 bits per heavy atom. The second-order valence-corrected chi connectivity index (χ2v) is 9.94. The molecule has 0 bridgehead atoms. The third-order valence-electron chi connectivity index (χ3n) is 5.10. The van der Waals surface area contributed by atoms with Crippen molar-refractivity contribution >= 4 is 38.9 Å². The van der Waals surface area contributed by atoms with E-state index >= 15 is 0 Å². The van der Waals surface area contributed by atoms with Crippen LogP contribution in [0.1, 0.15) is 21.5 Å². The molecule has 3 aromatic rings. The summed E-state index contributed by atoms with van der Waals surface area (Å²) >= 11 is 1.58. The molecule has 158 valence electrons. The topological polar surface area (TPSA) is 66.5 Å². The molecule has 0 aliphatic carbocycles. The first-order valence-electron chi connectivity index (χ1n) is 9.73. The summed E-state index contributed by atoms with van der Waals surface area (Å²) in [7, 11) is -4.04. The van der Waals surface area contributed by atoms with Crippen molar-refractivity contribution in [2.45, 2.75) is 18.4 Å². The van der Waals surface area contributed by atoms with Crippen LogP contribution in [0.4, 0.5) is 11.4 Å². The van der Waals surface area contributed by atoms with Gasteiger partial charge in [0.25, 0.3) is 10.0 Å². The number of rotatable bonds is 5. The number of hydrogen-bond donors (Lipinski definition) is 1. The number of allylic oxidation sites excluding steroid dienone is 1. The third kappa shape index (κ3) is 4.24. The summed E-state index contributed by atoms with van der Waals surface area (Å²) in [6.07, 6.45) is 3.27. The lowest BCUT2D eigenvalue weighted by Crippen LogP contribution is -2.39. The van der Waals surface area contributed by atoms with Gasteiger partial charge in [0.15, 0.2) is 4.91 Å². The SMILES string of the molecule is CSc1cccc(NC=C2C(=O)c3ccccc3N(Cc3ccc(C)cc3)S2(=O)=O)c1. The molecule has 0 fully saturated rings. The van der Waals surface area contributed by atoms with Crippen molar-refractivity contribution in [3.05, 3.63) is 101 Å². The van der Waals surface area contributed by atoms with Gasteiger partial charge in [-0.1, -0.05) is 48.0 Å². The molecule has 1 N–H and O–H groups in total. The summed E-state index contributed by atoms with van der Waals surface area (Å²) in [6.45, 7) is 2.13. The number of fused-ring (bicyclic) bond motifs is 1. The fraction of sp³-hybridized carbons (Fsp3) is 0.125. The van der Waals surface area contributed by atoms with Gasteiger partial charge < -0.3 is 5.32 Å². The Bertz CT molecular complexity index is 1270. The summed E-state index contributed by atoms with van der Waals surface area (Å²) in [5, 5.41) is 3.00. The molecule has 0 atom stereocenters. The number of para-hydroxylation sites is 1.